The van der Waals surface area contributed by atoms with E-state index in [4.69, 9.17) is 5.21 Å². The molecule has 0 bridgehead atoms. The molecule has 2 aliphatic rings. The molecule has 8 heteroatoms. The van der Waals surface area contributed by atoms with Crippen LogP contribution < -0.4 is 4.89 Å². The molecule has 2 N–H and O–H groups in total. The van der Waals surface area contributed by atoms with E-state index in [-0.39, 0.29) is 5.92 Å². The molecule has 0 saturated heterocycles. The molecule has 0 aromatic rings. The van der Waals surface area contributed by atoms with Gasteiger partial charge in [-0.1, -0.05) is 11.0 Å². The van der Waals surface area contributed by atoms with Crippen LogP contribution in [0.3, 0.4) is 0 Å². The maximum atomic E-state index is 12.5. The molecule has 0 aromatic carbocycles. The van der Waals surface area contributed by atoms with Crippen LogP contribution in [0.15, 0.2) is 22.6 Å². The SMILES string of the molecule is O=S(=O)(NO)C1=CC2CC2C(C(F)(F)F)=C1. The highest BCUT2D eigenvalue weighted by Crippen LogP contribution is 2.54. The van der Waals surface area contributed by atoms with Crippen molar-refractivity contribution in [2.45, 2.75) is 12.6 Å². The zero-order valence-corrected chi connectivity index (χ0v) is 8.64. The number of allylic oxidation sites excluding steroid dienone is 3. The van der Waals surface area contributed by atoms with Crippen molar-refractivity contribution in [3.63, 3.8) is 0 Å². The second kappa shape index (κ2) is 3.31. The van der Waals surface area contributed by atoms with Crippen LogP contribution in [0.25, 0.3) is 0 Å². The second-order valence-corrected chi connectivity index (χ2v) is 5.43. The van der Waals surface area contributed by atoms with Gasteiger partial charge < -0.3 is 5.21 Å². The molecule has 16 heavy (non-hydrogen) atoms. The lowest BCUT2D eigenvalue weighted by Crippen LogP contribution is -2.24. The van der Waals surface area contributed by atoms with Crippen LogP contribution in [-0.4, -0.2) is 19.8 Å². The Morgan fingerprint density at radius 2 is 2.06 bits per heavy atom. The Labute approximate surface area is 89.5 Å². The average Bonchev–Trinajstić information content (AvgIpc) is 2.92. The molecular formula is C8H8F3NO3S. The van der Waals surface area contributed by atoms with E-state index in [1.54, 1.807) is 0 Å². The average molecular weight is 255 g/mol. The minimum absolute atomic E-state index is 0.301. The van der Waals surface area contributed by atoms with Crippen LogP contribution in [0, 0.1) is 11.8 Å². The van der Waals surface area contributed by atoms with Crippen molar-refractivity contribution in [2.24, 2.45) is 11.8 Å². The summed E-state index contributed by atoms with van der Waals surface area (Å²) in [6.07, 6.45) is -2.41. The van der Waals surface area contributed by atoms with E-state index < -0.39 is 32.6 Å². The molecule has 2 aliphatic carbocycles. The summed E-state index contributed by atoms with van der Waals surface area (Å²) < 4.78 is 59.8. The zero-order valence-electron chi connectivity index (χ0n) is 7.82. The number of fused-ring (bicyclic) bond motifs is 1. The van der Waals surface area contributed by atoms with Gasteiger partial charge in [0.05, 0.1) is 4.91 Å². The molecule has 0 heterocycles. The maximum absolute atomic E-state index is 12.5. The summed E-state index contributed by atoms with van der Waals surface area (Å²) in [6.45, 7) is 0. The number of rotatable bonds is 2. The molecule has 1 saturated carbocycles. The smallest absolute Gasteiger partial charge is 0.302 e. The van der Waals surface area contributed by atoms with Crippen molar-refractivity contribution in [2.75, 3.05) is 0 Å². The molecule has 2 atom stereocenters. The summed E-state index contributed by atoms with van der Waals surface area (Å²) >= 11 is 0. The first-order chi connectivity index (χ1) is 7.25. The van der Waals surface area contributed by atoms with Gasteiger partial charge in [0.2, 0.25) is 0 Å². The number of nitrogens with one attached hydrogen (secondary N) is 1. The van der Waals surface area contributed by atoms with Gasteiger partial charge >= 0.3 is 6.18 Å². The van der Waals surface area contributed by atoms with Gasteiger partial charge in [0.1, 0.15) is 0 Å². The second-order valence-electron chi connectivity index (χ2n) is 3.77. The molecule has 2 unspecified atom stereocenters. The van der Waals surface area contributed by atoms with Crippen molar-refractivity contribution in [1.29, 1.82) is 0 Å². The van der Waals surface area contributed by atoms with Crippen molar-refractivity contribution >= 4 is 10.0 Å². The fraction of sp³-hybridized carbons (Fsp3) is 0.500. The highest BCUT2D eigenvalue weighted by Gasteiger charge is 2.51. The molecule has 0 radical (unpaired) electrons. The van der Waals surface area contributed by atoms with Gasteiger partial charge in [-0.05, 0) is 24.3 Å². The van der Waals surface area contributed by atoms with Gasteiger partial charge in [0.15, 0.2) is 0 Å². The molecule has 0 spiro atoms. The van der Waals surface area contributed by atoms with Crippen LogP contribution in [0.1, 0.15) is 6.42 Å². The quantitative estimate of drug-likeness (QED) is 0.731. The summed E-state index contributed by atoms with van der Waals surface area (Å²) in [7, 11) is -4.23. The van der Waals surface area contributed by atoms with E-state index >= 15 is 0 Å². The first-order valence-corrected chi connectivity index (χ1v) is 5.90. The van der Waals surface area contributed by atoms with E-state index in [2.05, 4.69) is 0 Å². The van der Waals surface area contributed by atoms with Gasteiger partial charge in [0.25, 0.3) is 10.0 Å². The van der Waals surface area contributed by atoms with Gasteiger partial charge in [0, 0.05) is 5.57 Å². The third-order valence-corrected chi connectivity index (χ3v) is 3.79. The molecule has 0 aromatic heterocycles. The first-order valence-electron chi connectivity index (χ1n) is 4.42. The monoisotopic (exact) mass is 255 g/mol. The Balaban J connectivity index is 2.41. The van der Waals surface area contributed by atoms with Gasteiger partial charge in [-0.15, -0.1) is 0 Å². The summed E-state index contributed by atoms with van der Waals surface area (Å²) in [5.41, 5.74) is -0.839. The Kier molecular flexibility index (Phi) is 2.41. The minimum atomic E-state index is -4.52. The fourth-order valence-electron chi connectivity index (χ4n) is 1.79. The lowest BCUT2D eigenvalue weighted by Gasteiger charge is -2.15. The van der Waals surface area contributed by atoms with Gasteiger partial charge in [-0.3, -0.25) is 0 Å². The molecular weight excluding hydrogens is 247 g/mol. The zero-order chi connectivity index (χ0) is 12.1. The summed E-state index contributed by atoms with van der Waals surface area (Å²) in [4.78, 5) is 0.487. The number of halogens is 3. The number of hydrogen-bond donors (Lipinski definition) is 2. The van der Waals surface area contributed by atoms with E-state index in [0.717, 1.165) is 4.89 Å². The fourth-order valence-corrected chi connectivity index (χ4v) is 2.53. The van der Waals surface area contributed by atoms with Crippen LogP contribution in [0.2, 0.25) is 0 Å². The molecule has 2 rings (SSSR count). The largest absolute Gasteiger partial charge is 0.413 e. The summed E-state index contributed by atoms with van der Waals surface area (Å²) in [6, 6.07) is 0. The van der Waals surface area contributed by atoms with Gasteiger partial charge in [-0.2, -0.15) is 13.2 Å². The number of sulfonamides is 1. The summed E-state index contributed by atoms with van der Waals surface area (Å²) in [5, 5.41) is 8.35. The molecule has 0 amide bonds. The van der Waals surface area contributed by atoms with Crippen molar-refractivity contribution < 1.29 is 26.8 Å². The van der Waals surface area contributed by atoms with Gasteiger partial charge in [-0.25, -0.2) is 8.42 Å². The minimum Gasteiger partial charge on any atom is -0.302 e. The Hall–Kier alpha value is -0.860. The highest BCUT2D eigenvalue weighted by atomic mass is 32.2. The molecule has 90 valence electrons. The number of hydrogen-bond acceptors (Lipinski definition) is 3. The van der Waals surface area contributed by atoms with E-state index in [1.165, 1.54) is 6.08 Å². The topological polar surface area (TPSA) is 66.4 Å². The highest BCUT2D eigenvalue weighted by molar-refractivity contribution is 7.93. The number of alkyl halides is 3. The first kappa shape index (κ1) is 11.6. The van der Waals surface area contributed by atoms with Crippen LogP contribution in [0.4, 0.5) is 13.2 Å². The standard InChI is InChI=1S/C8H8F3NO3S/c9-8(10,11)7-3-5(16(14,15)12-13)1-4-2-6(4)7/h1,3-4,6,12-13H,2H2. The van der Waals surface area contributed by atoms with E-state index in [9.17, 15) is 21.6 Å². The molecule has 4 nitrogen and oxygen atoms in total. The van der Waals surface area contributed by atoms with Crippen LogP contribution >= 0.6 is 0 Å². The van der Waals surface area contributed by atoms with Crippen LogP contribution in [-0.2, 0) is 10.0 Å². The third-order valence-electron chi connectivity index (χ3n) is 2.67. The van der Waals surface area contributed by atoms with Crippen molar-refractivity contribution in [3.8, 4) is 0 Å². The van der Waals surface area contributed by atoms with Crippen molar-refractivity contribution in [3.05, 3.63) is 22.6 Å². The van der Waals surface area contributed by atoms with Crippen molar-refractivity contribution in [1.82, 2.24) is 4.89 Å². The van der Waals surface area contributed by atoms with E-state index in [1.807, 2.05) is 0 Å². The lowest BCUT2D eigenvalue weighted by molar-refractivity contribution is -0.0959. The van der Waals surface area contributed by atoms with Crippen LogP contribution in [0.5, 0.6) is 0 Å². The molecule has 1 fully saturated rings. The predicted octanol–water partition coefficient (Wildman–Crippen LogP) is 1.32. The normalized spacial score (nSPS) is 29.2. The maximum Gasteiger partial charge on any atom is 0.413 e. The third kappa shape index (κ3) is 1.87. The summed E-state index contributed by atoms with van der Waals surface area (Å²) in [5.74, 6) is -1.02. The Morgan fingerprint density at radius 1 is 1.44 bits per heavy atom. The Bertz CT molecular complexity index is 477. The predicted molar refractivity (Wildman–Crippen MR) is 47.7 cm³/mol. The Morgan fingerprint density at radius 3 is 2.56 bits per heavy atom. The van der Waals surface area contributed by atoms with E-state index in [0.29, 0.717) is 12.5 Å². The lowest BCUT2D eigenvalue weighted by atomic mass is 10.0. The molecule has 0 aliphatic heterocycles.